The Balaban J connectivity index is 1.68. The Kier molecular flexibility index (Phi) is 9.29. The van der Waals surface area contributed by atoms with Crippen molar-refractivity contribution in [2.24, 2.45) is 5.92 Å². The van der Waals surface area contributed by atoms with Crippen LogP contribution in [0.3, 0.4) is 0 Å². The molecule has 1 atom stereocenters. The standard InChI is InChI=1S/C28H36N2O5/c1-5-6-7-10-25-29-24(20(4)35-25)15-17-34-22-13-12-21-14-16-30(26(31)11-8-9-19(2)3)27(28(32)33)23(21)18-22/h7-8,10-13,18-19,27H,5-6,9,14-17H2,1-4H3,(H,32,33). The summed E-state index contributed by atoms with van der Waals surface area (Å²) in [5.41, 5.74) is 2.37. The highest BCUT2D eigenvalue weighted by atomic mass is 16.5. The number of carbonyl (C=O) groups is 2. The van der Waals surface area contributed by atoms with Crippen molar-refractivity contribution in [1.29, 1.82) is 0 Å². The van der Waals surface area contributed by atoms with Gasteiger partial charge >= 0.3 is 5.97 Å². The number of aromatic nitrogens is 1. The van der Waals surface area contributed by atoms with Crippen molar-refractivity contribution in [2.75, 3.05) is 13.2 Å². The van der Waals surface area contributed by atoms with E-state index in [-0.39, 0.29) is 5.91 Å². The second-order valence-electron chi connectivity index (χ2n) is 9.26. The highest BCUT2D eigenvalue weighted by molar-refractivity contribution is 5.92. The first-order valence-electron chi connectivity index (χ1n) is 12.4. The smallest absolute Gasteiger partial charge is 0.331 e. The van der Waals surface area contributed by atoms with Crippen molar-refractivity contribution in [3.63, 3.8) is 0 Å². The molecule has 7 heteroatoms. The number of ether oxygens (including phenoxy) is 1. The van der Waals surface area contributed by atoms with Crippen LogP contribution in [-0.2, 0) is 22.4 Å². The van der Waals surface area contributed by atoms with Gasteiger partial charge in [-0.25, -0.2) is 9.78 Å². The largest absolute Gasteiger partial charge is 0.493 e. The molecule has 1 aromatic carbocycles. The van der Waals surface area contributed by atoms with Gasteiger partial charge in [-0.2, -0.15) is 0 Å². The van der Waals surface area contributed by atoms with E-state index < -0.39 is 12.0 Å². The quantitative estimate of drug-likeness (QED) is 0.425. The minimum absolute atomic E-state index is 0.277. The minimum Gasteiger partial charge on any atom is -0.493 e. The van der Waals surface area contributed by atoms with Gasteiger partial charge in [0.25, 0.3) is 0 Å². The van der Waals surface area contributed by atoms with E-state index in [1.54, 1.807) is 6.07 Å². The number of allylic oxidation sites excluding steroid dienone is 2. The van der Waals surface area contributed by atoms with Gasteiger partial charge in [-0.05, 0) is 67.5 Å². The first-order valence-corrected chi connectivity index (χ1v) is 12.4. The molecule has 0 radical (unpaired) electrons. The molecule has 1 aromatic heterocycles. The fourth-order valence-electron chi connectivity index (χ4n) is 4.09. The lowest BCUT2D eigenvalue weighted by Crippen LogP contribution is -2.42. The van der Waals surface area contributed by atoms with Crippen LogP contribution in [0, 0.1) is 12.8 Å². The first kappa shape index (κ1) is 26.3. The van der Waals surface area contributed by atoms with Crippen molar-refractivity contribution >= 4 is 18.0 Å². The van der Waals surface area contributed by atoms with Gasteiger partial charge in [0, 0.05) is 13.0 Å². The van der Waals surface area contributed by atoms with Gasteiger partial charge in [0.1, 0.15) is 11.5 Å². The van der Waals surface area contributed by atoms with E-state index >= 15 is 0 Å². The van der Waals surface area contributed by atoms with E-state index in [0.29, 0.717) is 49.1 Å². The summed E-state index contributed by atoms with van der Waals surface area (Å²) in [4.78, 5) is 30.9. The highest BCUT2D eigenvalue weighted by Gasteiger charge is 2.35. The second kappa shape index (κ2) is 12.4. The van der Waals surface area contributed by atoms with Gasteiger partial charge < -0.3 is 19.2 Å². The molecule has 0 fully saturated rings. The van der Waals surface area contributed by atoms with Crippen molar-refractivity contribution in [3.05, 3.63) is 64.9 Å². The van der Waals surface area contributed by atoms with Crippen LogP contribution in [0.25, 0.3) is 6.08 Å². The van der Waals surface area contributed by atoms with Gasteiger partial charge in [0.05, 0.1) is 12.3 Å². The molecule has 3 rings (SSSR count). The summed E-state index contributed by atoms with van der Waals surface area (Å²) in [6.07, 6.45) is 11.2. The summed E-state index contributed by atoms with van der Waals surface area (Å²) in [7, 11) is 0. The molecule has 0 saturated carbocycles. The number of nitrogens with zero attached hydrogens (tertiary/aromatic N) is 2. The summed E-state index contributed by atoms with van der Waals surface area (Å²) in [6, 6.07) is 4.47. The summed E-state index contributed by atoms with van der Waals surface area (Å²) in [6.45, 7) is 8.89. The molecule has 7 nitrogen and oxygen atoms in total. The van der Waals surface area contributed by atoms with Crippen molar-refractivity contribution in [2.45, 2.75) is 65.8 Å². The van der Waals surface area contributed by atoms with E-state index in [4.69, 9.17) is 9.15 Å². The molecule has 2 heterocycles. The number of fused-ring (bicyclic) bond motifs is 1. The monoisotopic (exact) mass is 480 g/mol. The third kappa shape index (κ3) is 7.07. The summed E-state index contributed by atoms with van der Waals surface area (Å²) in [5.74, 6) is 1.04. The van der Waals surface area contributed by atoms with Crippen LogP contribution < -0.4 is 4.74 Å². The number of oxazole rings is 1. The average molecular weight is 481 g/mol. The Morgan fingerprint density at radius 3 is 2.83 bits per heavy atom. The van der Waals surface area contributed by atoms with Crippen LogP contribution in [0.2, 0.25) is 0 Å². The molecule has 1 N–H and O–H groups in total. The lowest BCUT2D eigenvalue weighted by molar-refractivity contribution is -0.149. The van der Waals surface area contributed by atoms with Gasteiger partial charge in [0.2, 0.25) is 11.8 Å². The van der Waals surface area contributed by atoms with Gasteiger partial charge in [0.15, 0.2) is 6.04 Å². The third-order valence-electron chi connectivity index (χ3n) is 5.96. The van der Waals surface area contributed by atoms with Crippen LogP contribution in [0.5, 0.6) is 5.75 Å². The minimum atomic E-state index is -1.05. The number of rotatable bonds is 11. The van der Waals surface area contributed by atoms with Crippen LogP contribution >= 0.6 is 0 Å². The van der Waals surface area contributed by atoms with E-state index in [0.717, 1.165) is 36.3 Å². The van der Waals surface area contributed by atoms with Crippen LogP contribution in [0.1, 0.15) is 74.5 Å². The molecule has 0 bridgehead atoms. The Morgan fingerprint density at radius 1 is 1.31 bits per heavy atom. The molecule has 1 amide bonds. The van der Waals surface area contributed by atoms with Crippen molar-refractivity contribution in [1.82, 2.24) is 9.88 Å². The predicted octanol–water partition coefficient (Wildman–Crippen LogP) is 5.53. The summed E-state index contributed by atoms with van der Waals surface area (Å²) < 4.78 is 11.6. The Hall–Kier alpha value is -3.35. The van der Waals surface area contributed by atoms with Crippen LogP contribution in [0.15, 0.2) is 40.8 Å². The van der Waals surface area contributed by atoms with E-state index in [2.05, 4.69) is 25.8 Å². The maximum Gasteiger partial charge on any atom is 0.331 e. The predicted molar refractivity (Wildman–Crippen MR) is 135 cm³/mol. The molecule has 0 spiro atoms. The average Bonchev–Trinajstić information content (AvgIpc) is 3.17. The lowest BCUT2D eigenvalue weighted by Gasteiger charge is -2.34. The molecule has 1 aliphatic heterocycles. The Labute approximate surface area is 207 Å². The third-order valence-corrected chi connectivity index (χ3v) is 5.96. The molecule has 1 aliphatic rings. The number of aliphatic carboxylic acids is 1. The number of unbranched alkanes of at least 4 members (excludes halogenated alkanes) is 1. The zero-order chi connectivity index (χ0) is 25.4. The lowest BCUT2D eigenvalue weighted by atomic mass is 9.92. The molecule has 35 heavy (non-hydrogen) atoms. The van der Waals surface area contributed by atoms with Gasteiger partial charge in [-0.3, -0.25) is 4.79 Å². The van der Waals surface area contributed by atoms with Crippen molar-refractivity contribution in [3.8, 4) is 5.75 Å². The number of hydrogen-bond donors (Lipinski definition) is 1. The fraction of sp³-hybridized carbons (Fsp3) is 0.464. The number of amides is 1. The highest BCUT2D eigenvalue weighted by Crippen LogP contribution is 2.33. The van der Waals surface area contributed by atoms with E-state index in [1.165, 1.54) is 11.0 Å². The maximum absolute atomic E-state index is 12.8. The topological polar surface area (TPSA) is 92.9 Å². The number of carboxylic acid groups (broad SMARTS) is 1. The normalized spacial score (nSPS) is 15.8. The second-order valence-corrected chi connectivity index (χ2v) is 9.26. The Bertz CT molecular complexity index is 1080. The molecular weight excluding hydrogens is 444 g/mol. The first-order chi connectivity index (χ1) is 16.8. The molecule has 2 aromatic rings. The summed E-state index contributed by atoms with van der Waals surface area (Å²) in [5, 5.41) is 9.96. The SMILES string of the molecule is CCCC=Cc1nc(CCOc2ccc3c(c2)C(C(=O)O)N(C(=O)C=CCC(C)C)CC3)c(C)o1. The molecule has 1 unspecified atom stereocenters. The van der Waals surface area contributed by atoms with Crippen LogP contribution in [-0.4, -0.2) is 40.0 Å². The van der Waals surface area contributed by atoms with Crippen molar-refractivity contribution < 1.29 is 23.8 Å². The number of carbonyl (C=O) groups excluding carboxylic acids is 1. The zero-order valence-corrected chi connectivity index (χ0v) is 21.1. The molecule has 0 saturated heterocycles. The number of carboxylic acids is 1. The van der Waals surface area contributed by atoms with E-state index in [1.807, 2.05) is 37.3 Å². The van der Waals surface area contributed by atoms with Gasteiger partial charge in [-0.15, -0.1) is 0 Å². The fourth-order valence-corrected chi connectivity index (χ4v) is 4.09. The van der Waals surface area contributed by atoms with Gasteiger partial charge in [-0.1, -0.05) is 45.4 Å². The number of hydrogen-bond acceptors (Lipinski definition) is 5. The van der Waals surface area contributed by atoms with E-state index in [9.17, 15) is 14.7 Å². The zero-order valence-electron chi connectivity index (χ0n) is 21.1. The molecule has 188 valence electrons. The van der Waals surface area contributed by atoms with Crippen LogP contribution in [0.4, 0.5) is 0 Å². The molecular formula is C28H36N2O5. The maximum atomic E-state index is 12.8. The molecule has 0 aliphatic carbocycles. The summed E-state index contributed by atoms with van der Waals surface area (Å²) >= 11 is 0. The number of aryl methyl sites for hydroxylation is 1. The number of benzene rings is 1. The Morgan fingerprint density at radius 2 is 2.11 bits per heavy atom.